The molecule has 0 spiro atoms. The van der Waals surface area contributed by atoms with Crippen molar-refractivity contribution in [2.24, 2.45) is 0 Å². The minimum Gasteiger partial charge on any atom is -0.494 e. The zero-order valence-corrected chi connectivity index (χ0v) is 15.4. The number of nitrogens with one attached hydrogen (secondary N) is 1. The monoisotopic (exact) mass is 362 g/mol. The molecular weight excluding hydrogens is 336 g/mol. The Kier molecular flexibility index (Phi) is 7.28. The van der Waals surface area contributed by atoms with Gasteiger partial charge < -0.3 is 10.5 Å². The number of ether oxygens (including phenoxy) is 1. The fourth-order valence-corrected chi connectivity index (χ4v) is 3.39. The molecule has 2 aromatic carbocycles. The topological polar surface area (TPSA) is 81.4 Å². The number of hydrogen-bond acceptors (Lipinski definition) is 4. The Bertz CT molecular complexity index is 741. The summed E-state index contributed by atoms with van der Waals surface area (Å²) >= 11 is 0. The minimum absolute atomic E-state index is 0.220. The Morgan fingerprint density at radius 1 is 1.00 bits per heavy atom. The van der Waals surface area contributed by atoms with Gasteiger partial charge in [-0.25, -0.2) is 13.1 Å². The van der Waals surface area contributed by atoms with Crippen molar-refractivity contribution in [1.29, 1.82) is 0 Å². The van der Waals surface area contributed by atoms with Gasteiger partial charge in [0, 0.05) is 12.2 Å². The van der Waals surface area contributed by atoms with Gasteiger partial charge in [-0.1, -0.05) is 31.9 Å². The van der Waals surface area contributed by atoms with Crippen molar-refractivity contribution in [3.63, 3.8) is 0 Å². The SMILES string of the molecule is CCCCCOc1ccc(CCNS(=O)(=O)c2ccc(N)cc2)cc1. The molecular formula is C19H26N2O3S. The molecule has 0 amide bonds. The number of nitrogen functional groups attached to an aromatic ring is 1. The van der Waals surface area contributed by atoms with Gasteiger partial charge >= 0.3 is 0 Å². The van der Waals surface area contributed by atoms with Crippen LogP contribution in [0.1, 0.15) is 31.7 Å². The van der Waals surface area contributed by atoms with Crippen LogP contribution in [0.2, 0.25) is 0 Å². The Balaban J connectivity index is 1.80. The van der Waals surface area contributed by atoms with E-state index in [0.717, 1.165) is 24.3 Å². The molecule has 0 saturated heterocycles. The van der Waals surface area contributed by atoms with Crippen LogP contribution in [0.3, 0.4) is 0 Å². The summed E-state index contributed by atoms with van der Waals surface area (Å²) < 4.78 is 32.6. The van der Waals surface area contributed by atoms with E-state index in [1.807, 2.05) is 24.3 Å². The number of rotatable bonds is 10. The first-order chi connectivity index (χ1) is 12.0. The molecule has 0 bridgehead atoms. The molecule has 0 aliphatic carbocycles. The first-order valence-corrected chi connectivity index (χ1v) is 10.1. The molecule has 0 saturated carbocycles. The second-order valence-corrected chi connectivity index (χ2v) is 7.68. The molecule has 0 unspecified atom stereocenters. The van der Waals surface area contributed by atoms with Crippen molar-refractivity contribution in [1.82, 2.24) is 4.72 Å². The largest absolute Gasteiger partial charge is 0.494 e. The highest BCUT2D eigenvalue weighted by molar-refractivity contribution is 7.89. The third-order valence-corrected chi connectivity index (χ3v) is 5.31. The van der Waals surface area contributed by atoms with Gasteiger partial charge in [-0.05, 0) is 54.8 Å². The van der Waals surface area contributed by atoms with Gasteiger partial charge in [0.25, 0.3) is 0 Å². The van der Waals surface area contributed by atoms with Gasteiger partial charge in [0.05, 0.1) is 11.5 Å². The van der Waals surface area contributed by atoms with Gasteiger partial charge in [-0.2, -0.15) is 0 Å². The quantitative estimate of drug-likeness (QED) is 0.502. The summed E-state index contributed by atoms with van der Waals surface area (Å²) in [6, 6.07) is 13.9. The Labute approximate surface area is 150 Å². The third kappa shape index (κ3) is 6.40. The van der Waals surface area contributed by atoms with Crippen molar-refractivity contribution >= 4 is 15.7 Å². The number of hydrogen-bond donors (Lipinski definition) is 2. The van der Waals surface area contributed by atoms with Crippen LogP contribution in [0.4, 0.5) is 5.69 Å². The fourth-order valence-electron chi connectivity index (χ4n) is 2.35. The Morgan fingerprint density at radius 2 is 1.68 bits per heavy atom. The highest BCUT2D eigenvalue weighted by Gasteiger charge is 2.12. The highest BCUT2D eigenvalue weighted by Crippen LogP contribution is 2.14. The number of nitrogens with two attached hydrogens (primary N) is 1. The molecule has 136 valence electrons. The second kappa shape index (κ2) is 9.44. The van der Waals surface area contributed by atoms with Crippen molar-refractivity contribution in [2.75, 3.05) is 18.9 Å². The van der Waals surface area contributed by atoms with Crippen LogP contribution in [0.25, 0.3) is 0 Å². The molecule has 0 atom stereocenters. The zero-order valence-electron chi connectivity index (χ0n) is 14.6. The number of benzene rings is 2. The van der Waals surface area contributed by atoms with Gasteiger partial charge in [0.15, 0.2) is 0 Å². The molecule has 0 heterocycles. The lowest BCUT2D eigenvalue weighted by Gasteiger charge is -2.09. The van der Waals surface area contributed by atoms with Crippen LogP contribution in [0.15, 0.2) is 53.4 Å². The first kappa shape index (κ1) is 19.3. The van der Waals surface area contributed by atoms with E-state index in [1.165, 1.54) is 25.0 Å². The van der Waals surface area contributed by atoms with Crippen molar-refractivity contribution in [3.8, 4) is 5.75 Å². The van der Waals surface area contributed by atoms with Crippen LogP contribution >= 0.6 is 0 Å². The molecule has 5 nitrogen and oxygen atoms in total. The average Bonchev–Trinajstić information content (AvgIpc) is 2.60. The lowest BCUT2D eigenvalue weighted by molar-refractivity contribution is 0.306. The van der Waals surface area contributed by atoms with E-state index in [0.29, 0.717) is 18.7 Å². The second-order valence-electron chi connectivity index (χ2n) is 5.92. The Morgan fingerprint density at radius 3 is 2.32 bits per heavy atom. The maximum absolute atomic E-state index is 12.2. The molecule has 2 aromatic rings. The Hall–Kier alpha value is -2.05. The van der Waals surface area contributed by atoms with E-state index in [9.17, 15) is 8.42 Å². The summed E-state index contributed by atoms with van der Waals surface area (Å²) in [6.07, 6.45) is 4.02. The van der Waals surface area contributed by atoms with Gasteiger partial charge in [-0.15, -0.1) is 0 Å². The highest BCUT2D eigenvalue weighted by atomic mass is 32.2. The molecule has 0 aromatic heterocycles. The molecule has 0 radical (unpaired) electrons. The molecule has 25 heavy (non-hydrogen) atoms. The van der Waals surface area contributed by atoms with Crippen LogP contribution in [0, 0.1) is 0 Å². The standard InChI is InChI=1S/C19H26N2O3S/c1-2-3-4-15-24-18-9-5-16(6-10-18)13-14-21-25(22,23)19-11-7-17(20)8-12-19/h5-12,21H,2-4,13-15,20H2,1H3. The maximum atomic E-state index is 12.2. The van der Waals surface area contributed by atoms with Gasteiger partial charge in [0.2, 0.25) is 10.0 Å². The fraction of sp³-hybridized carbons (Fsp3) is 0.368. The van der Waals surface area contributed by atoms with Crippen LogP contribution < -0.4 is 15.2 Å². The van der Waals surface area contributed by atoms with E-state index in [1.54, 1.807) is 12.1 Å². The maximum Gasteiger partial charge on any atom is 0.240 e. The lowest BCUT2D eigenvalue weighted by Crippen LogP contribution is -2.26. The number of anilines is 1. The van der Waals surface area contributed by atoms with Gasteiger partial charge in [-0.3, -0.25) is 0 Å². The molecule has 6 heteroatoms. The van der Waals surface area contributed by atoms with Gasteiger partial charge in [0.1, 0.15) is 5.75 Å². The normalized spacial score (nSPS) is 11.4. The zero-order chi connectivity index (χ0) is 18.1. The summed E-state index contributed by atoms with van der Waals surface area (Å²) in [5, 5.41) is 0. The van der Waals surface area contributed by atoms with E-state index < -0.39 is 10.0 Å². The summed E-state index contributed by atoms with van der Waals surface area (Å²) in [5.74, 6) is 0.849. The van der Waals surface area contributed by atoms with Crippen molar-refractivity contribution < 1.29 is 13.2 Å². The van der Waals surface area contributed by atoms with E-state index in [-0.39, 0.29) is 4.90 Å². The summed E-state index contributed by atoms with van der Waals surface area (Å²) in [4.78, 5) is 0.220. The van der Waals surface area contributed by atoms with Crippen LogP contribution in [-0.2, 0) is 16.4 Å². The first-order valence-electron chi connectivity index (χ1n) is 8.58. The molecule has 0 aliphatic heterocycles. The van der Waals surface area contributed by atoms with E-state index in [4.69, 9.17) is 10.5 Å². The van der Waals surface area contributed by atoms with Crippen molar-refractivity contribution in [3.05, 3.63) is 54.1 Å². The number of unbranched alkanes of at least 4 members (excludes halogenated alkanes) is 2. The predicted octanol–water partition coefficient (Wildman–Crippen LogP) is 3.36. The minimum atomic E-state index is -3.50. The van der Waals surface area contributed by atoms with E-state index >= 15 is 0 Å². The molecule has 0 fully saturated rings. The average molecular weight is 362 g/mol. The van der Waals surface area contributed by atoms with E-state index in [2.05, 4.69) is 11.6 Å². The van der Waals surface area contributed by atoms with Crippen molar-refractivity contribution in [2.45, 2.75) is 37.5 Å². The molecule has 0 aliphatic rings. The van der Waals surface area contributed by atoms with Crippen LogP contribution in [-0.4, -0.2) is 21.6 Å². The molecule has 2 rings (SSSR count). The molecule has 3 N–H and O–H groups in total. The van der Waals surface area contributed by atoms with Crippen LogP contribution in [0.5, 0.6) is 5.75 Å². The summed E-state index contributed by atoms with van der Waals surface area (Å²) in [6.45, 7) is 3.23. The lowest BCUT2D eigenvalue weighted by atomic mass is 10.1. The smallest absolute Gasteiger partial charge is 0.240 e. The third-order valence-electron chi connectivity index (χ3n) is 3.84. The predicted molar refractivity (Wildman–Crippen MR) is 101 cm³/mol. The summed E-state index contributed by atoms with van der Waals surface area (Å²) in [5.41, 5.74) is 7.17. The summed E-state index contributed by atoms with van der Waals surface area (Å²) in [7, 11) is -3.50. The number of sulfonamides is 1.